The van der Waals surface area contributed by atoms with Crippen LogP contribution in [0.2, 0.25) is 0 Å². The number of ether oxygens (including phenoxy) is 5. The van der Waals surface area contributed by atoms with E-state index in [2.05, 4.69) is 111 Å². The number of rotatable bonds is 18. The predicted molar refractivity (Wildman–Crippen MR) is 343 cm³/mol. The smallest absolute Gasteiger partial charge is 0.410 e. The van der Waals surface area contributed by atoms with Gasteiger partial charge < -0.3 is 44.7 Å². The Balaban J connectivity index is 0.00000119. The van der Waals surface area contributed by atoms with Crippen LogP contribution in [0, 0.1) is 32.5 Å². The Kier molecular flexibility index (Phi) is 37.5. The fourth-order valence-corrected chi connectivity index (χ4v) is 12.8. The van der Waals surface area contributed by atoms with Crippen molar-refractivity contribution < 1.29 is 81.5 Å². The van der Waals surface area contributed by atoms with Crippen molar-refractivity contribution in [2.24, 2.45) is 47.5 Å². The molecule has 5 rings (SSSR count). The maximum atomic E-state index is 12.8. The van der Waals surface area contributed by atoms with Gasteiger partial charge in [-0.1, -0.05) is 94.9 Å². The van der Waals surface area contributed by atoms with Crippen molar-refractivity contribution >= 4 is 90.0 Å². The van der Waals surface area contributed by atoms with Crippen LogP contribution in [0.1, 0.15) is 205 Å². The molecule has 2 aliphatic heterocycles. The van der Waals surface area contributed by atoms with E-state index in [4.69, 9.17) is 24.1 Å². The van der Waals surface area contributed by atoms with Gasteiger partial charge in [-0.15, -0.1) is 24.0 Å². The highest BCUT2D eigenvalue weighted by atomic mass is 127. The monoisotopic (exact) mass is 1370 g/mol. The number of halogens is 1. The zero-order valence-electron chi connectivity index (χ0n) is 54.9. The molecule has 5 amide bonds. The van der Waals surface area contributed by atoms with Gasteiger partial charge in [-0.25, -0.2) is 53.3 Å². The van der Waals surface area contributed by atoms with Crippen molar-refractivity contribution in [3.05, 3.63) is 36.5 Å². The first-order chi connectivity index (χ1) is 41.0. The zero-order valence-corrected chi connectivity index (χ0v) is 57.2. The number of aliphatic hydroxyl groups is 1. The van der Waals surface area contributed by atoms with Crippen LogP contribution in [0.15, 0.2) is 51.4 Å². The average Bonchev–Trinajstić information content (AvgIpc) is 1.44. The van der Waals surface area contributed by atoms with Crippen LogP contribution in [-0.4, -0.2) is 141 Å². The SMILES string of the molecule is C=C(C)C(=O)OCO.C=C(C)C(=O)OCOC(=O)CCC1(C)CC(NC(=O)N2CCCCCC2=O)CC(C)(C)C1.C=C(C)C(=O)OCOC(=O)NCC1(C)CC(N=C=O)CC(C)(C)C1.CC1(C)CC(N=C=O)CC(C)(CN=C=O)C1.I.O=C1CCCCCN1. The molecule has 0 aromatic heterocycles. The molecule has 0 spiro atoms. The second-order valence-electron chi connectivity index (χ2n) is 27.3. The molecule has 0 bridgehead atoms. The molecule has 0 radical (unpaired) electrons. The van der Waals surface area contributed by atoms with Crippen molar-refractivity contribution in [3.63, 3.8) is 0 Å². The number of nitrogens with zero attached hydrogens (tertiary/aromatic N) is 4. The van der Waals surface area contributed by atoms with Gasteiger partial charge in [0, 0.05) is 61.7 Å². The lowest BCUT2D eigenvalue weighted by atomic mass is 9.61. The number of hydrogen-bond donors (Lipinski definition) is 4. The normalized spacial score (nSPS) is 24.4. The van der Waals surface area contributed by atoms with Gasteiger partial charge in [0.05, 0.1) is 18.6 Å². The van der Waals surface area contributed by atoms with E-state index in [9.17, 15) is 52.7 Å². The third kappa shape index (κ3) is 35.6. The number of carbonyl (C=O) groups is 8. The van der Waals surface area contributed by atoms with E-state index in [1.165, 1.54) is 32.1 Å². The largest absolute Gasteiger partial charge is 0.435 e. The Morgan fingerprint density at radius 1 is 0.618 bits per heavy atom. The van der Waals surface area contributed by atoms with E-state index in [0.29, 0.717) is 44.5 Å². The Labute approximate surface area is 543 Å². The molecule has 3 aliphatic carbocycles. The fraction of sp³-hybridized carbons (Fsp3) is 0.734. The Bertz CT molecular complexity index is 2560. The first-order valence-electron chi connectivity index (χ1n) is 30.2. The van der Waals surface area contributed by atoms with E-state index >= 15 is 0 Å². The Morgan fingerprint density at radius 3 is 1.64 bits per heavy atom. The number of aliphatic hydroxyl groups excluding tert-OH is 1. The standard InChI is InChI=1S/C24H38N2O6.C17H26N2O5.C12H18N2O2.C6H11NO.C5H8O3.HI/c1-17(2)21(29)32-16-31-20(28)10-11-24(5)14-18(13-23(3,4)15-24)25-22(30)26-12-8-6-7-9-19(26)27;1-12(2)14(21)23-11-24-15(22)18-9-17(5)7-13(19-10-20)6-16(3,4)8-17;1-11(2)4-10(14-9-16)5-12(3,6-11)7-13-8-15;8-6-4-2-1-3-5-7-6;1-4(2)5(7)8-3-6;/h18H,1,6-16H2,2-5H3,(H,25,30);13H,1,6-9,11H2,2-5H3,(H,18,22);10H,4-7H2,1-3H3;1-5H2,(H,7,8);6H,1,3H2,2H3;1H. The van der Waals surface area contributed by atoms with Crippen LogP contribution in [0.4, 0.5) is 9.59 Å². The highest BCUT2D eigenvalue weighted by Crippen LogP contribution is 2.50. The summed E-state index contributed by atoms with van der Waals surface area (Å²) >= 11 is 0. The molecule has 6 atom stereocenters. The first-order valence-corrected chi connectivity index (χ1v) is 30.2. The second-order valence-corrected chi connectivity index (χ2v) is 27.3. The third-order valence-corrected chi connectivity index (χ3v) is 15.5. The van der Waals surface area contributed by atoms with Gasteiger partial charge in [0.1, 0.15) is 0 Å². The highest BCUT2D eigenvalue weighted by molar-refractivity contribution is 14.0. The van der Waals surface area contributed by atoms with Crippen molar-refractivity contribution in [2.75, 3.05) is 46.6 Å². The number of alkyl carbamates (subject to hydrolysis) is 1. The molecule has 4 N–H and O–H groups in total. The van der Waals surface area contributed by atoms with Crippen molar-refractivity contribution in [3.8, 4) is 0 Å². The van der Waals surface area contributed by atoms with Crippen LogP contribution in [0.25, 0.3) is 0 Å². The molecular weight excluding hydrogens is 1270 g/mol. The topological polar surface area (TPSA) is 331 Å². The maximum Gasteiger partial charge on any atom is 0.410 e. The molecule has 2 saturated heterocycles. The van der Waals surface area contributed by atoms with Crippen LogP contribution in [-0.2, 0) is 66.8 Å². The molecule has 3 saturated carbocycles. The number of isocyanates is 3. The van der Waals surface area contributed by atoms with E-state index in [1.54, 1.807) is 18.2 Å². The lowest BCUT2D eigenvalue weighted by molar-refractivity contribution is -0.165. The molecule has 0 aromatic carbocycles. The van der Waals surface area contributed by atoms with Gasteiger partial charge in [0.2, 0.25) is 43.6 Å². The number of carbonyl (C=O) groups excluding carboxylic acids is 11. The molecule has 25 heteroatoms. The summed E-state index contributed by atoms with van der Waals surface area (Å²) in [6, 6.07) is -0.459. The zero-order chi connectivity index (χ0) is 66.9. The number of hydrogen-bond acceptors (Lipinski definition) is 20. The Hall–Kier alpha value is -6.39. The minimum atomic E-state index is -0.662. The first kappa shape index (κ1) is 82.6. The number of urea groups is 1. The van der Waals surface area contributed by atoms with Crippen molar-refractivity contribution in [1.29, 1.82) is 0 Å². The van der Waals surface area contributed by atoms with Crippen molar-refractivity contribution in [1.82, 2.24) is 20.9 Å². The molecule has 89 heavy (non-hydrogen) atoms. The minimum Gasteiger partial charge on any atom is -0.435 e. The summed E-state index contributed by atoms with van der Waals surface area (Å²) < 4.78 is 23.4. The molecule has 6 unspecified atom stereocenters. The van der Waals surface area contributed by atoms with Gasteiger partial charge in [0.25, 0.3) is 0 Å². The summed E-state index contributed by atoms with van der Waals surface area (Å²) in [7, 11) is 0. The van der Waals surface area contributed by atoms with Gasteiger partial charge in [0.15, 0.2) is 6.79 Å². The van der Waals surface area contributed by atoms with Crippen molar-refractivity contribution in [2.45, 2.75) is 223 Å². The maximum absolute atomic E-state index is 12.8. The fourth-order valence-electron chi connectivity index (χ4n) is 12.8. The number of imide groups is 1. The highest BCUT2D eigenvalue weighted by Gasteiger charge is 2.44. The van der Waals surface area contributed by atoms with Crippen LogP contribution in [0.3, 0.4) is 0 Å². The summed E-state index contributed by atoms with van der Waals surface area (Å²) in [5.41, 5.74) is 0.441. The summed E-state index contributed by atoms with van der Waals surface area (Å²) in [6.45, 7) is 34.6. The van der Waals surface area contributed by atoms with Gasteiger partial charge in [-0.05, 0) is 143 Å². The molecule has 0 aromatic rings. The predicted octanol–water partition coefficient (Wildman–Crippen LogP) is 10.4. The van der Waals surface area contributed by atoms with Crippen LogP contribution >= 0.6 is 24.0 Å². The summed E-state index contributed by atoms with van der Waals surface area (Å²) in [5, 5.41) is 16.6. The number of amides is 5. The Morgan fingerprint density at radius 2 is 1.11 bits per heavy atom. The van der Waals surface area contributed by atoms with Gasteiger partial charge in [-0.2, -0.15) is 0 Å². The van der Waals surface area contributed by atoms with E-state index < -0.39 is 50.3 Å². The number of likely N-dealkylation sites (tertiary alicyclic amines) is 1. The van der Waals surface area contributed by atoms with Gasteiger partial charge >= 0.3 is 36.0 Å². The lowest BCUT2D eigenvalue weighted by Crippen LogP contribution is -2.52. The molecule has 24 nitrogen and oxygen atoms in total. The molecule has 502 valence electrons. The van der Waals surface area contributed by atoms with E-state index in [1.807, 2.05) is 6.92 Å². The van der Waals surface area contributed by atoms with Crippen LogP contribution in [0.5, 0.6) is 0 Å². The minimum absolute atomic E-state index is 0. The lowest BCUT2D eigenvalue weighted by Gasteiger charge is -2.47. The molecule has 5 aliphatic rings. The average molecular weight is 1370 g/mol. The summed E-state index contributed by atoms with van der Waals surface area (Å²) in [4.78, 5) is 136. The molecule has 2 heterocycles. The van der Waals surface area contributed by atoms with E-state index in [0.717, 1.165) is 96.4 Å². The summed E-state index contributed by atoms with van der Waals surface area (Å²) in [5.74, 6) is -2.08. The second kappa shape index (κ2) is 40.4. The van der Waals surface area contributed by atoms with Gasteiger partial charge in [-0.3, -0.25) is 19.3 Å². The summed E-state index contributed by atoms with van der Waals surface area (Å²) in [6.07, 6.45) is 19.7. The number of nitrogens with one attached hydrogen (secondary N) is 3. The quantitative estimate of drug-likeness (QED) is 0.0188. The molecular formula is C64H102IN7O17. The number of aliphatic imine (C=N–C) groups is 3. The third-order valence-electron chi connectivity index (χ3n) is 15.5. The van der Waals surface area contributed by atoms with E-state index in [-0.39, 0.29) is 110 Å². The number of esters is 4. The molecule has 5 fully saturated rings. The van der Waals surface area contributed by atoms with Crippen LogP contribution < -0.4 is 16.0 Å².